The molecule has 1 heterocycles. The van der Waals surface area contributed by atoms with Gasteiger partial charge in [0.1, 0.15) is 12.6 Å². The average Bonchev–Trinajstić information content (AvgIpc) is 3.33. The van der Waals surface area contributed by atoms with Gasteiger partial charge in [0.2, 0.25) is 0 Å². The quantitative estimate of drug-likeness (QED) is 0.657. The zero-order valence-electron chi connectivity index (χ0n) is 13.5. The maximum absolute atomic E-state index is 6.13. The summed E-state index contributed by atoms with van der Waals surface area (Å²) in [4.78, 5) is 0. The van der Waals surface area contributed by atoms with Crippen molar-refractivity contribution < 1.29 is 9.30 Å². The number of hydrogen-bond acceptors (Lipinski definition) is 2. The zero-order chi connectivity index (χ0) is 15.6. The maximum atomic E-state index is 6.13. The highest BCUT2D eigenvalue weighted by molar-refractivity contribution is 5.45. The van der Waals surface area contributed by atoms with Crippen LogP contribution in [0.5, 0.6) is 0 Å². The van der Waals surface area contributed by atoms with Crippen molar-refractivity contribution in [1.29, 1.82) is 0 Å². The Labute approximate surface area is 132 Å². The number of aromatic nitrogens is 1. The smallest absolute Gasteiger partial charge is 0.174 e. The number of rotatable bonds is 6. The number of anilines is 1. The highest BCUT2D eigenvalue weighted by atomic mass is 16.5. The Balaban J connectivity index is 2.06. The molecular weight excluding hydrogens is 272 g/mol. The first-order valence-corrected chi connectivity index (χ1v) is 8.01. The molecule has 3 rings (SSSR count). The van der Waals surface area contributed by atoms with Crippen LogP contribution in [0.25, 0.3) is 0 Å². The molecule has 0 aliphatic heterocycles. The van der Waals surface area contributed by atoms with Gasteiger partial charge in [-0.05, 0) is 42.5 Å². The molecule has 3 heteroatoms. The van der Waals surface area contributed by atoms with Crippen LogP contribution in [0.4, 0.5) is 5.69 Å². The van der Waals surface area contributed by atoms with Gasteiger partial charge >= 0.3 is 0 Å². The fraction of sp³-hybridized carbons (Fsp3) is 0.421. The molecule has 2 N–H and O–H groups in total. The lowest BCUT2D eigenvalue weighted by Gasteiger charge is -2.33. The van der Waals surface area contributed by atoms with E-state index in [1.54, 1.807) is 0 Å². The van der Waals surface area contributed by atoms with E-state index in [4.69, 9.17) is 10.5 Å². The molecule has 1 saturated carbocycles. The number of nitrogens with two attached hydrogens (primary N) is 1. The molecule has 0 bridgehead atoms. The number of nitrogen functional groups attached to an aromatic ring is 1. The molecule has 1 fully saturated rings. The van der Waals surface area contributed by atoms with Gasteiger partial charge in [0.05, 0.1) is 5.56 Å². The standard InChI is InChI=1S/C19H25N2O/c1-21-12-4-6-17(14-21)19(22-2,11-10-15-8-9-15)16-5-3-7-18(20)13-16/h3-7,12-15H,8-11,20H2,1-2H3/q+1. The van der Waals surface area contributed by atoms with Gasteiger partial charge in [0, 0.05) is 18.9 Å². The average molecular weight is 297 g/mol. The van der Waals surface area contributed by atoms with E-state index in [9.17, 15) is 0 Å². The molecule has 116 valence electrons. The maximum Gasteiger partial charge on any atom is 0.174 e. The second-order valence-electron chi connectivity index (χ2n) is 6.40. The Morgan fingerprint density at radius 1 is 1.23 bits per heavy atom. The van der Waals surface area contributed by atoms with E-state index in [0.29, 0.717) is 0 Å². The van der Waals surface area contributed by atoms with E-state index < -0.39 is 5.60 Å². The fourth-order valence-corrected chi connectivity index (χ4v) is 3.22. The van der Waals surface area contributed by atoms with Crippen molar-refractivity contribution >= 4 is 5.69 Å². The monoisotopic (exact) mass is 297 g/mol. The van der Waals surface area contributed by atoms with Crippen LogP contribution in [0.3, 0.4) is 0 Å². The van der Waals surface area contributed by atoms with E-state index >= 15 is 0 Å². The summed E-state index contributed by atoms with van der Waals surface area (Å²) in [5, 5.41) is 0. The molecular formula is C19H25N2O+. The normalized spacial score (nSPS) is 17.2. The molecule has 1 aliphatic carbocycles. The zero-order valence-corrected chi connectivity index (χ0v) is 13.5. The van der Waals surface area contributed by atoms with Crippen LogP contribution in [0.15, 0.2) is 48.8 Å². The first-order chi connectivity index (χ1) is 10.6. The highest BCUT2D eigenvalue weighted by Gasteiger charge is 2.38. The molecule has 1 unspecified atom stereocenters. The van der Waals surface area contributed by atoms with Crippen molar-refractivity contribution in [2.24, 2.45) is 13.0 Å². The van der Waals surface area contributed by atoms with Crippen molar-refractivity contribution in [2.45, 2.75) is 31.3 Å². The molecule has 0 radical (unpaired) electrons. The summed E-state index contributed by atoms with van der Waals surface area (Å²) in [5.41, 5.74) is 8.72. The van der Waals surface area contributed by atoms with Gasteiger partial charge in [-0.25, -0.2) is 4.57 Å². The van der Waals surface area contributed by atoms with E-state index in [-0.39, 0.29) is 0 Å². The van der Waals surface area contributed by atoms with Crippen molar-refractivity contribution in [2.75, 3.05) is 12.8 Å². The van der Waals surface area contributed by atoms with E-state index in [0.717, 1.165) is 23.6 Å². The lowest BCUT2D eigenvalue weighted by Crippen LogP contribution is -2.35. The minimum atomic E-state index is -0.420. The number of benzene rings is 1. The lowest BCUT2D eigenvalue weighted by molar-refractivity contribution is -0.672. The van der Waals surface area contributed by atoms with Gasteiger partial charge in [-0.2, -0.15) is 0 Å². The predicted octanol–water partition coefficient (Wildman–Crippen LogP) is 3.17. The van der Waals surface area contributed by atoms with Gasteiger partial charge in [0.25, 0.3) is 0 Å². The largest absolute Gasteiger partial charge is 0.399 e. The van der Waals surface area contributed by atoms with Crippen molar-refractivity contribution in [3.63, 3.8) is 0 Å². The summed E-state index contributed by atoms with van der Waals surface area (Å²) < 4.78 is 8.21. The Bertz CT molecular complexity index is 604. The minimum absolute atomic E-state index is 0.420. The summed E-state index contributed by atoms with van der Waals surface area (Å²) in [6.07, 6.45) is 9.10. The Hall–Kier alpha value is -1.87. The molecule has 1 atom stereocenters. The SMILES string of the molecule is COC(CCC1CC1)(c1cccc(N)c1)c1ccc[n+](C)c1. The Morgan fingerprint density at radius 2 is 2.00 bits per heavy atom. The van der Waals surface area contributed by atoms with Crippen LogP contribution < -0.4 is 10.3 Å². The fourth-order valence-electron chi connectivity index (χ4n) is 3.22. The third-order valence-corrected chi connectivity index (χ3v) is 4.71. The van der Waals surface area contributed by atoms with Crippen molar-refractivity contribution in [3.05, 3.63) is 59.9 Å². The van der Waals surface area contributed by atoms with E-state index in [1.165, 1.54) is 24.8 Å². The molecule has 2 aromatic rings. The highest BCUT2D eigenvalue weighted by Crippen LogP contribution is 2.43. The molecule has 1 aromatic carbocycles. The summed E-state index contributed by atoms with van der Waals surface area (Å²) in [5.74, 6) is 0.869. The Morgan fingerprint density at radius 3 is 2.64 bits per heavy atom. The summed E-state index contributed by atoms with van der Waals surface area (Å²) in [6, 6.07) is 12.3. The second-order valence-corrected chi connectivity index (χ2v) is 6.40. The third-order valence-electron chi connectivity index (χ3n) is 4.71. The number of pyridine rings is 1. The van der Waals surface area contributed by atoms with Crippen LogP contribution in [-0.4, -0.2) is 7.11 Å². The molecule has 1 aliphatic rings. The van der Waals surface area contributed by atoms with Crippen LogP contribution in [0, 0.1) is 5.92 Å². The molecule has 1 aromatic heterocycles. The third kappa shape index (κ3) is 3.00. The van der Waals surface area contributed by atoms with Crippen LogP contribution >= 0.6 is 0 Å². The molecule has 0 amide bonds. The first-order valence-electron chi connectivity index (χ1n) is 8.01. The molecule has 3 nitrogen and oxygen atoms in total. The van der Waals surface area contributed by atoms with Gasteiger partial charge in [-0.15, -0.1) is 0 Å². The van der Waals surface area contributed by atoms with Gasteiger partial charge < -0.3 is 10.5 Å². The van der Waals surface area contributed by atoms with Crippen LogP contribution in [0.2, 0.25) is 0 Å². The molecule has 0 spiro atoms. The van der Waals surface area contributed by atoms with Gasteiger partial charge in [-0.1, -0.05) is 25.0 Å². The van der Waals surface area contributed by atoms with Crippen LogP contribution in [-0.2, 0) is 17.4 Å². The molecule has 0 saturated heterocycles. The summed E-state index contributed by atoms with van der Waals surface area (Å²) in [6.45, 7) is 0. The number of ether oxygens (including phenoxy) is 1. The first kappa shape index (κ1) is 15.0. The molecule has 22 heavy (non-hydrogen) atoms. The second kappa shape index (κ2) is 6.09. The van der Waals surface area contributed by atoms with E-state index in [2.05, 4.69) is 29.0 Å². The Kier molecular flexibility index (Phi) is 4.16. The summed E-state index contributed by atoms with van der Waals surface area (Å²) >= 11 is 0. The number of aryl methyl sites for hydroxylation is 1. The number of nitrogens with zero attached hydrogens (tertiary/aromatic N) is 1. The summed E-state index contributed by atoms with van der Waals surface area (Å²) in [7, 11) is 3.85. The van der Waals surface area contributed by atoms with Crippen molar-refractivity contribution in [1.82, 2.24) is 0 Å². The van der Waals surface area contributed by atoms with Crippen LogP contribution in [0.1, 0.15) is 36.8 Å². The van der Waals surface area contributed by atoms with Crippen molar-refractivity contribution in [3.8, 4) is 0 Å². The predicted molar refractivity (Wildman–Crippen MR) is 88.2 cm³/mol. The lowest BCUT2D eigenvalue weighted by atomic mass is 9.82. The number of methoxy groups -OCH3 is 1. The minimum Gasteiger partial charge on any atom is -0.399 e. The van der Waals surface area contributed by atoms with Gasteiger partial charge in [-0.3, -0.25) is 0 Å². The topological polar surface area (TPSA) is 39.1 Å². The van der Waals surface area contributed by atoms with Gasteiger partial charge in [0.15, 0.2) is 12.4 Å². The number of hydrogen-bond donors (Lipinski definition) is 1. The van der Waals surface area contributed by atoms with E-state index in [1.807, 2.05) is 38.6 Å².